The first-order chi connectivity index (χ1) is 11.9. The molecule has 7 heteroatoms. The van der Waals surface area contributed by atoms with E-state index in [1.807, 2.05) is 13.8 Å². The quantitative estimate of drug-likeness (QED) is 0.806. The van der Waals surface area contributed by atoms with Crippen LogP contribution in [0.4, 0.5) is 5.69 Å². The summed E-state index contributed by atoms with van der Waals surface area (Å²) < 4.78 is 5.05. The Balaban J connectivity index is 1.91. The highest BCUT2D eigenvalue weighted by atomic mass is 16.5. The summed E-state index contributed by atoms with van der Waals surface area (Å²) in [5, 5.41) is 5.52. The van der Waals surface area contributed by atoms with Crippen LogP contribution in [-0.4, -0.2) is 48.9 Å². The second kappa shape index (κ2) is 8.50. The molecule has 1 fully saturated rings. The second-order valence-corrected chi connectivity index (χ2v) is 6.44. The van der Waals surface area contributed by atoms with Gasteiger partial charge in [0.25, 0.3) is 0 Å². The summed E-state index contributed by atoms with van der Waals surface area (Å²) in [5.41, 5.74) is 0.529. The number of rotatable bonds is 4. The molecule has 136 valence electrons. The third-order valence-corrected chi connectivity index (χ3v) is 4.12. The van der Waals surface area contributed by atoms with Crippen LogP contribution < -0.4 is 15.4 Å². The maximum Gasteiger partial charge on any atom is 0.313 e. The lowest BCUT2D eigenvalue weighted by Gasteiger charge is -2.33. The van der Waals surface area contributed by atoms with Crippen molar-refractivity contribution in [3.05, 3.63) is 24.3 Å². The number of ether oxygens (including phenoxy) is 1. The first-order valence-corrected chi connectivity index (χ1v) is 8.45. The molecule has 0 bridgehead atoms. The van der Waals surface area contributed by atoms with E-state index in [9.17, 15) is 14.4 Å². The lowest BCUT2D eigenvalue weighted by Crippen LogP contribution is -2.52. The topological polar surface area (TPSA) is 87.7 Å². The van der Waals surface area contributed by atoms with Crippen LogP contribution in [0, 0.1) is 5.92 Å². The van der Waals surface area contributed by atoms with Gasteiger partial charge in [-0.05, 0) is 37.1 Å². The molecule has 0 spiro atoms. The van der Waals surface area contributed by atoms with Gasteiger partial charge in [-0.1, -0.05) is 13.8 Å². The molecule has 0 radical (unpaired) electrons. The molecule has 3 amide bonds. The third kappa shape index (κ3) is 5.20. The molecule has 1 aromatic rings. The number of carbonyl (C=O) groups is 3. The van der Waals surface area contributed by atoms with Gasteiger partial charge in [-0.15, -0.1) is 0 Å². The number of carbonyl (C=O) groups excluding carboxylic acids is 3. The van der Waals surface area contributed by atoms with Gasteiger partial charge in [-0.3, -0.25) is 14.4 Å². The van der Waals surface area contributed by atoms with Crippen LogP contribution in [0.3, 0.4) is 0 Å². The molecule has 0 saturated carbocycles. The predicted molar refractivity (Wildman–Crippen MR) is 94.2 cm³/mol. The van der Waals surface area contributed by atoms with Crippen molar-refractivity contribution in [3.63, 3.8) is 0 Å². The summed E-state index contributed by atoms with van der Waals surface area (Å²) in [7, 11) is 1.56. The molecular weight excluding hydrogens is 322 g/mol. The Morgan fingerprint density at radius 3 is 2.48 bits per heavy atom. The van der Waals surface area contributed by atoms with Crippen molar-refractivity contribution in [2.45, 2.75) is 32.7 Å². The highest BCUT2D eigenvalue weighted by molar-refractivity contribution is 6.39. The standard InChI is InChI=1S/C18H25N3O4/c1-12(2)16(22)20-14-5-4-10-21(11-14)18(24)17(23)19-13-6-8-15(25-3)9-7-13/h6-9,12,14H,4-5,10-11H2,1-3H3,(H,19,23)(H,20,22). The highest BCUT2D eigenvalue weighted by Gasteiger charge is 2.28. The smallest absolute Gasteiger partial charge is 0.313 e. The van der Waals surface area contributed by atoms with Gasteiger partial charge < -0.3 is 20.3 Å². The number of benzene rings is 1. The second-order valence-electron chi connectivity index (χ2n) is 6.44. The van der Waals surface area contributed by atoms with Crippen molar-refractivity contribution in [1.29, 1.82) is 0 Å². The summed E-state index contributed by atoms with van der Waals surface area (Å²) >= 11 is 0. The summed E-state index contributed by atoms with van der Waals surface area (Å²) in [6.45, 7) is 4.52. The van der Waals surface area contributed by atoms with Gasteiger partial charge in [0.05, 0.1) is 7.11 Å². The fraction of sp³-hybridized carbons (Fsp3) is 0.500. The largest absolute Gasteiger partial charge is 0.497 e. The molecule has 1 aliphatic heterocycles. The van der Waals surface area contributed by atoms with Gasteiger partial charge in [0.1, 0.15) is 5.75 Å². The molecule has 1 saturated heterocycles. The Morgan fingerprint density at radius 1 is 1.20 bits per heavy atom. The molecule has 0 aromatic heterocycles. The van der Waals surface area contributed by atoms with Gasteiger partial charge in [0.2, 0.25) is 5.91 Å². The summed E-state index contributed by atoms with van der Waals surface area (Å²) in [5.74, 6) is -0.740. The Hall–Kier alpha value is -2.57. The van der Waals surface area contributed by atoms with Crippen molar-refractivity contribution < 1.29 is 19.1 Å². The van der Waals surface area contributed by atoms with Gasteiger partial charge in [-0.2, -0.15) is 0 Å². The van der Waals surface area contributed by atoms with Gasteiger partial charge in [-0.25, -0.2) is 0 Å². The molecule has 25 heavy (non-hydrogen) atoms. The van der Waals surface area contributed by atoms with Crippen molar-refractivity contribution in [3.8, 4) is 5.75 Å². The van der Waals surface area contributed by atoms with E-state index in [1.165, 1.54) is 4.90 Å². The predicted octanol–water partition coefficient (Wildman–Crippen LogP) is 1.40. The van der Waals surface area contributed by atoms with E-state index in [4.69, 9.17) is 4.74 Å². The maximum absolute atomic E-state index is 12.4. The molecule has 1 aliphatic rings. The van der Waals surface area contributed by atoms with E-state index in [0.717, 1.165) is 12.8 Å². The van der Waals surface area contributed by atoms with Crippen LogP contribution >= 0.6 is 0 Å². The molecular formula is C18H25N3O4. The fourth-order valence-corrected chi connectivity index (χ4v) is 2.65. The number of likely N-dealkylation sites (tertiary alicyclic amines) is 1. The molecule has 1 aromatic carbocycles. The zero-order valence-electron chi connectivity index (χ0n) is 14.9. The molecule has 2 N–H and O–H groups in total. The molecule has 7 nitrogen and oxygen atoms in total. The maximum atomic E-state index is 12.4. The molecule has 0 aliphatic carbocycles. The van der Waals surface area contributed by atoms with Crippen molar-refractivity contribution in [2.24, 2.45) is 5.92 Å². The van der Waals surface area contributed by atoms with E-state index in [1.54, 1.807) is 31.4 Å². The van der Waals surface area contributed by atoms with E-state index < -0.39 is 11.8 Å². The van der Waals surface area contributed by atoms with E-state index in [-0.39, 0.29) is 17.9 Å². The zero-order valence-corrected chi connectivity index (χ0v) is 14.9. The number of methoxy groups -OCH3 is 1. The van der Waals surface area contributed by atoms with Crippen molar-refractivity contribution in [2.75, 3.05) is 25.5 Å². The van der Waals surface area contributed by atoms with E-state index in [2.05, 4.69) is 10.6 Å². The molecule has 1 unspecified atom stereocenters. The monoisotopic (exact) mass is 347 g/mol. The Kier molecular flexibility index (Phi) is 6.38. The van der Waals surface area contributed by atoms with Crippen LogP contribution in [0.2, 0.25) is 0 Å². The normalized spacial score (nSPS) is 17.1. The highest BCUT2D eigenvalue weighted by Crippen LogP contribution is 2.16. The van der Waals surface area contributed by atoms with Crippen LogP contribution in [0.1, 0.15) is 26.7 Å². The van der Waals surface area contributed by atoms with Crippen molar-refractivity contribution in [1.82, 2.24) is 10.2 Å². The Labute approximate surface area is 147 Å². The third-order valence-electron chi connectivity index (χ3n) is 4.12. The molecule has 1 heterocycles. The lowest BCUT2D eigenvalue weighted by molar-refractivity contribution is -0.144. The SMILES string of the molecule is COc1ccc(NC(=O)C(=O)N2CCCC(NC(=O)C(C)C)C2)cc1. The number of hydrogen-bond donors (Lipinski definition) is 2. The van der Waals surface area contributed by atoms with Crippen LogP contribution in [0.25, 0.3) is 0 Å². The molecule has 2 rings (SSSR count). The number of nitrogens with zero attached hydrogens (tertiary/aromatic N) is 1. The van der Waals surface area contributed by atoms with Crippen LogP contribution in [0.15, 0.2) is 24.3 Å². The summed E-state index contributed by atoms with van der Waals surface area (Å²) in [6.07, 6.45) is 1.56. The fourth-order valence-electron chi connectivity index (χ4n) is 2.65. The van der Waals surface area contributed by atoms with Crippen LogP contribution in [0.5, 0.6) is 5.75 Å². The first-order valence-electron chi connectivity index (χ1n) is 8.45. The van der Waals surface area contributed by atoms with E-state index >= 15 is 0 Å². The number of amides is 3. The number of nitrogens with one attached hydrogen (secondary N) is 2. The average Bonchev–Trinajstić information content (AvgIpc) is 2.61. The minimum absolute atomic E-state index is 0.0398. The first kappa shape index (κ1) is 18.8. The van der Waals surface area contributed by atoms with Gasteiger partial charge >= 0.3 is 11.8 Å². The minimum Gasteiger partial charge on any atom is -0.497 e. The lowest BCUT2D eigenvalue weighted by atomic mass is 10.0. The molecule has 1 atom stereocenters. The number of anilines is 1. The summed E-state index contributed by atoms with van der Waals surface area (Å²) in [4.78, 5) is 37.9. The van der Waals surface area contributed by atoms with Crippen molar-refractivity contribution >= 4 is 23.4 Å². The van der Waals surface area contributed by atoms with Crippen LogP contribution in [-0.2, 0) is 14.4 Å². The minimum atomic E-state index is -0.680. The summed E-state index contributed by atoms with van der Waals surface area (Å²) in [6, 6.07) is 6.65. The average molecular weight is 347 g/mol. The Morgan fingerprint density at radius 2 is 1.88 bits per heavy atom. The van der Waals surface area contributed by atoms with Gasteiger partial charge in [0, 0.05) is 30.7 Å². The Bertz CT molecular complexity index is 628. The zero-order chi connectivity index (χ0) is 18.4. The van der Waals surface area contributed by atoms with E-state index in [0.29, 0.717) is 24.5 Å². The number of piperidine rings is 1. The van der Waals surface area contributed by atoms with Gasteiger partial charge in [0.15, 0.2) is 0 Å². The number of hydrogen-bond acceptors (Lipinski definition) is 4.